The van der Waals surface area contributed by atoms with Crippen LogP contribution in [0, 0.1) is 0 Å². The van der Waals surface area contributed by atoms with Crippen LogP contribution < -0.4 is 19.5 Å². The molecule has 0 saturated heterocycles. The van der Waals surface area contributed by atoms with Gasteiger partial charge in [-0.15, -0.1) is 0 Å². The summed E-state index contributed by atoms with van der Waals surface area (Å²) in [6.45, 7) is 0.237. The van der Waals surface area contributed by atoms with Gasteiger partial charge in [0.2, 0.25) is 0 Å². The highest BCUT2D eigenvalue weighted by Gasteiger charge is 2.15. The average Bonchev–Trinajstić information content (AvgIpc) is 2.59. The molecule has 23 heavy (non-hydrogen) atoms. The Labute approximate surface area is 140 Å². The van der Waals surface area contributed by atoms with Crippen LogP contribution >= 0.6 is 11.6 Å². The molecule has 2 aromatic carbocycles. The molecular formula is C17H18ClNO4. The van der Waals surface area contributed by atoms with Crippen molar-refractivity contribution in [2.45, 2.75) is 6.54 Å². The van der Waals surface area contributed by atoms with Crippen LogP contribution in [0.2, 0.25) is 5.02 Å². The van der Waals surface area contributed by atoms with Crippen LogP contribution in [0.5, 0.6) is 17.2 Å². The Morgan fingerprint density at radius 2 is 1.65 bits per heavy atom. The van der Waals surface area contributed by atoms with Gasteiger partial charge in [-0.25, -0.2) is 0 Å². The second-order valence-electron chi connectivity index (χ2n) is 4.67. The van der Waals surface area contributed by atoms with Gasteiger partial charge in [0, 0.05) is 12.1 Å². The number of carbonyl (C=O) groups excluding carboxylic acids is 1. The number of hydrogen-bond donors (Lipinski definition) is 1. The van der Waals surface area contributed by atoms with E-state index >= 15 is 0 Å². The van der Waals surface area contributed by atoms with Gasteiger partial charge in [0.25, 0.3) is 5.91 Å². The molecule has 0 bridgehead atoms. The third-order valence-corrected chi connectivity index (χ3v) is 3.69. The number of hydrogen-bond acceptors (Lipinski definition) is 4. The van der Waals surface area contributed by atoms with E-state index < -0.39 is 0 Å². The Morgan fingerprint density at radius 3 is 2.17 bits per heavy atom. The van der Waals surface area contributed by atoms with Crippen LogP contribution in [0.3, 0.4) is 0 Å². The number of benzene rings is 2. The van der Waals surface area contributed by atoms with E-state index in [2.05, 4.69) is 5.32 Å². The largest absolute Gasteiger partial charge is 0.496 e. The molecule has 2 rings (SSSR count). The fourth-order valence-electron chi connectivity index (χ4n) is 2.16. The minimum Gasteiger partial charge on any atom is -0.496 e. The van der Waals surface area contributed by atoms with Crippen molar-refractivity contribution in [2.24, 2.45) is 0 Å². The van der Waals surface area contributed by atoms with Gasteiger partial charge in [0.05, 0.1) is 44.0 Å². The maximum Gasteiger partial charge on any atom is 0.253 e. The number of amides is 1. The SMILES string of the molecule is COc1cc(OC)c(CNC(=O)c2ccccc2Cl)c(OC)c1. The van der Waals surface area contributed by atoms with E-state index in [4.69, 9.17) is 25.8 Å². The van der Waals surface area contributed by atoms with Crippen molar-refractivity contribution < 1.29 is 19.0 Å². The van der Waals surface area contributed by atoms with E-state index in [1.165, 1.54) is 0 Å². The van der Waals surface area contributed by atoms with Crippen molar-refractivity contribution >= 4 is 17.5 Å². The van der Waals surface area contributed by atoms with Gasteiger partial charge in [-0.05, 0) is 12.1 Å². The Balaban J connectivity index is 2.23. The van der Waals surface area contributed by atoms with E-state index in [-0.39, 0.29) is 12.5 Å². The number of ether oxygens (including phenoxy) is 3. The summed E-state index contributed by atoms with van der Waals surface area (Å²) < 4.78 is 15.9. The lowest BCUT2D eigenvalue weighted by atomic mass is 10.1. The predicted octanol–water partition coefficient (Wildman–Crippen LogP) is 3.30. The zero-order valence-corrected chi connectivity index (χ0v) is 13.9. The summed E-state index contributed by atoms with van der Waals surface area (Å²) in [7, 11) is 4.66. The number of rotatable bonds is 6. The summed E-state index contributed by atoms with van der Waals surface area (Å²) in [5, 5.41) is 3.22. The summed E-state index contributed by atoms with van der Waals surface area (Å²) in [4.78, 5) is 12.3. The predicted molar refractivity (Wildman–Crippen MR) is 88.7 cm³/mol. The summed E-state index contributed by atoms with van der Waals surface area (Å²) >= 11 is 6.03. The van der Waals surface area contributed by atoms with E-state index in [9.17, 15) is 4.79 Å². The molecule has 0 aliphatic carbocycles. The standard InChI is InChI=1S/C17H18ClNO4/c1-21-11-8-15(22-2)13(16(9-11)23-3)10-19-17(20)12-6-4-5-7-14(12)18/h4-9H,10H2,1-3H3,(H,19,20). The van der Waals surface area contributed by atoms with Gasteiger partial charge in [-0.1, -0.05) is 23.7 Å². The molecule has 0 saturated carbocycles. The summed E-state index contributed by atoms with van der Waals surface area (Å²) in [6.07, 6.45) is 0. The fourth-order valence-corrected chi connectivity index (χ4v) is 2.38. The molecule has 5 nitrogen and oxygen atoms in total. The monoisotopic (exact) mass is 335 g/mol. The Kier molecular flexibility index (Phi) is 5.71. The van der Waals surface area contributed by atoms with Crippen molar-refractivity contribution in [1.82, 2.24) is 5.32 Å². The van der Waals surface area contributed by atoms with Crippen molar-refractivity contribution in [3.05, 3.63) is 52.5 Å². The summed E-state index contributed by atoms with van der Waals surface area (Å²) in [5.41, 5.74) is 1.14. The van der Waals surface area contributed by atoms with Gasteiger partial charge in [0.15, 0.2) is 0 Å². The molecule has 0 radical (unpaired) electrons. The van der Waals surface area contributed by atoms with Crippen LogP contribution in [0.1, 0.15) is 15.9 Å². The molecule has 0 aliphatic heterocycles. The van der Waals surface area contributed by atoms with Crippen LogP contribution in [0.25, 0.3) is 0 Å². The molecular weight excluding hydrogens is 318 g/mol. The number of nitrogens with one attached hydrogen (secondary N) is 1. The minimum absolute atomic E-state index is 0.237. The molecule has 6 heteroatoms. The number of halogens is 1. The average molecular weight is 336 g/mol. The molecule has 0 aromatic heterocycles. The molecule has 0 atom stereocenters. The Hall–Kier alpha value is -2.40. The first-order chi connectivity index (χ1) is 11.1. The first-order valence-electron chi connectivity index (χ1n) is 6.92. The molecule has 0 heterocycles. The maximum absolute atomic E-state index is 12.3. The van der Waals surface area contributed by atoms with Crippen molar-refractivity contribution in [3.8, 4) is 17.2 Å². The van der Waals surface area contributed by atoms with E-state index in [0.717, 1.165) is 5.56 Å². The molecule has 1 N–H and O–H groups in total. The van der Waals surface area contributed by atoms with E-state index in [0.29, 0.717) is 27.8 Å². The highest BCUT2D eigenvalue weighted by Crippen LogP contribution is 2.34. The zero-order valence-electron chi connectivity index (χ0n) is 13.2. The lowest BCUT2D eigenvalue weighted by molar-refractivity contribution is 0.0950. The molecule has 0 aliphatic rings. The van der Waals surface area contributed by atoms with Crippen molar-refractivity contribution in [3.63, 3.8) is 0 Å². The van der Waals surface area contributed by atoms with Crippen LogP contribution in [0.4, 0.5) is 0 Å². The van der Waals surface area contributed by atoms with Crippen molar-refractivity contribution in [1.29, 1.82) is 0 Å². The third kappa shape index (κ3) is 3.87. The first-order valence-corrected chi connectivity index (χ1v) is 7.30. The molecule has 0 fully saturated rings. The Bertz CT molecular complexity index is 678. The quantitative estimate of drug-likeness (QED) is 0.880. The van der Waals surface area contributed by atoms with E-state index in [1.807, 2.05) is 0 Å². The topological polar surface area (TPSA) is 56.8 Å². The first kappa shape index (κ1) is 17.0. The lowest BCUT2D eigenvalue weighted by Gasteiger charge is -2.15. The highest BCUT2D eigenvalue weighted by atomic mass is 35.5. The van der Waals surface area contributed by atoms with Crippen molar-refractivity contribution in [2.75, 3.05) is 21.3 Å². The maximum atomic E-state index is 12.3. The summed E-state index contributed by atoms with van der Waals surface area (Å²) in [6, 6.07) is 10.3. The van der Waals surface area contributed by atoms with Gasteiger partial charge < -0.3 is 19.5 Å². The molecule has 1 amide bonds. The normalized spacial score (nSPS) is 10.1. The third-order valence-electron chi connectivity index (χ3n) is 3.36. The number of carbonyl (C=O) groups is 1. The second kappa shape index (κ2) is 7.74. The van der Waals surface area contributed by atoms with E-state index in [1.54, 1.807) is 57.7 Å². The van der Waals surface area contributed by atoms with Crippen LogP contribution in [-0.2, 0) is 6.54 Å². The van der Waals surface area contributed by atoms with Crippen LogP contribution in [-0.4, -0.2) is 27.2 Å². The molecule has 122 valence electrons. The highest BCUT2D eigenvalue weighted by molar-refractivity contribution is 6.33. The minimum atomic E-state index is -0.268. The van der Waals surface area contributed by atoms with Gasteiger partial charge >= 0.3 is 0 Å². The van der Waals surface area contributed by atoms with Gasteiger partial charge in [-0.3, -0.25) is 4.79 Å². The smallest absolute Gasteiger partial charge is 0.253 e. The van der Waals surface area contributed by atoms with Crippen LogP contribution in [0.15, 0.2) is 36.4 Å². The fraction of sp³-hybridized carbons (Fsp3) is 0.235. The molecule has 2 aromatic rings. The molecule has 0 unspecified atom stereocenters. The van der Waals surface area contributed by atoms with Gasteiger partial charge in [0.1, 0.15) is 17.2 Å². The molecule has 0 spiro atoms. The second-order valence-corrected chi connectivity index (χ2v) is 5.08. The lowest BCUT2D eigenvalue weighted by Crippen LogP contribution is -2.23. The summed E-state index contributed by atoms with van der Waals surface area (Å²) in [5.74, 6) is 1.48. The number of methoxy groups -OCH3 is 3. The Morgan fingerprint density at radius 1 is 1.04 bits per heavy atom. The zero-order chi connectivity index (χ0) is 16.8. The van der Waals surface area contributed by atoms with Gasteiger partial charge in [-0.2, -0.15) is 0 Å².